The molecule has 2 N–H and O–H groups in total. The van der Waals surface area contributed by atoms with Crippen molar-refractivity contribution in [3.8, 4) is 0 Å². The van der Waals surface area contributed by atoms with Crippen LogP contribution in [-0.2, 0) is 0 Å². The van der Waals surface area contributed by atoms with Crippen LogP contribution >= 0.6 is 22.9 Å². The lowest BCUT2D eigenvalue weighted by Gasteiger charge is -2.11. The highest BCUT2D eigenvalue weighted by molar-refractivity contribution is 7.12. The zero-order valence-corrected chi connectivity index (χ0v) is 10.9. The van der Waals surface area contributed by atoms with Gasteiger partial charge in [0.2, 0.25) is 0 Å². The van der Waals surface area contributed by atoms with Gasteiger partial charge in [-0.1, -0.05) is 29.8 Å². The summed E-state index contributed by atoms with van der Waals surface area (Å²) >= 11 is 7.88. The van der Waals surface area contributed by atoms with Crippen molar-refractivity contribution >= 4 is 22.9 Å². The molecule has 1 unspecified atom stereocenters. The van der Waals surface area contributed by atoms with Crippen LogP contribution in [0.2, 0.25) is 5.02 Å². The number of aryl methyl sites for hydroxylation is 2. The number of rotatable bonds is 2. The van der Waals surface area contributed by atoms with E-state index in [1.807, 2.05) is 24.3 Å². The van der Waals surface area contributed by atoms with Crippen molar-refractivity contribution in [1.29, 1.82) is 0 Å². The number of halogens is 1. The maximum atomic E-state index is 6.23. The monoisotopic (exact) mass is 251 g/mol. The fourth-order valence-electron chi connectivity index (χ4n) is 1.64. The average Bonchev–Trinajstić information content (AvgIpc) is 2.59. The fraction of sp³-hybridized carbons (Fsp3) is 0.231. The minimum Gasteiger partial charge on any atom is -0.320 e. The number of thiophene rings is 1. The van der Waals surface area contributed by atoms with E-state index in [1.165, 1.54) is 15.3 Å². The summed E-state index contributed by atoms with van der Waals surface area (Å²) in [4.78, 5) is 2.49. The van der Waals surface area contributed by atoms with Gasteiger partial charge in [0.1, 0.15) is 0 Å². The van der Waals surface area contributed by atoms with Crippen molar-refractivity contribution in [2.45, 2.75) is 19.9 Å². The molecule has 1 aromatic carbocycles. The second-order valence-corrected chi connectivity index (χ2v) is 5.58. The summed E-state index contributed by atoms with van der Waals surface area (Å²) in [5.74, 6) is 0. The van der Waals surface area contributed by atoms with E-state index in [0.717, 1.165) is 10.6 Å². The van der Waals surface area contributed by atoms with Gasteiger partial charge in [-0.05, 0) is 37.1 Å². The summed E-state index contributed by atoms with van der Waals surface area (Å²) in [6.07, 6.45) is 0. The lowest BCUT2D eigenvalue weighted by atomic mass is 10.1. The largest absolute Gasteiger partial charge is 0.320 e. The summed E-state index contributed by atoms with van der Waals surface area (Å²) in [6.45, 7) is 4.22. The Labute approximate surface area is 105 Å². The molecule has 0 aliphatic rings. The summed E-state index contributed by atoms with van der Waals surface area (Å²) in [7, 11) is 0. The molecule has 3 heteroatoms. The molecule has 2 aromatic rings. The van der Waals surface area contributed by atoms with Gasteiger partial charge in [0.25, 0.3) is 0 Å². The van der Waals surface area contributed by atoms with E-state index in [0.29, 0.717) is 0 Å². The van der Waals surface area contributed by atoms with Crippen LogP contribution in [0.15, 0.2) is 30.3 Å². The summed E-state index contributed by atoms with van der Waals surface area (Å²) in [6, 6.07) is 9.78. The molecule has 1 aromatic heterocycles. The molecule has 0 radical (unpaired) electrons. The Morgan fingerprint density at radius 3 is 2.50 bits per heavy atom. The first-order valence-corrected chi connectivity index (χ1v) is 6.36. The van der Waals surface area contributed by atoms with Crippen molar-refractivity contribution in [3.05, 3.63) is 56.2 Å². The third kappa shape index (κ3) is 2.14. The molecule has 0 amide bonds. The highest BCUT2D eigenvalue weighted by Crippen LogP contribution is 2.32. The second kappa shape index (κ2) is 4.58. The summed E-state index contributed by atoms with van der Waals surface area (Å²) < 4.78 is 0. The molecule has 1 nitrogen and oxygen atoms in total. The van der Waals surface area contributed by atoms with Crippen molar-refractivity contribution in [3.63, 3.8) is 0 Å². The predicted octanol–water partition coefficient (Wildman–Crippen LogP) is 4.07. The lowest BCUT2D eigenvalue weighted by molar-refractivity contribution is 0.893. The van der Waals surface area contributed by atoms with Crippen molar-refractivity contribution < 1.29 is 0 Å². The van der Waals surface area contributed by atoms with E-state index in [2.05, 4.69) is 19.9 Å². The van der Waals surface area contributed by atoms with E-state index < -0.39 is 0 Å². The molecule has 0 aliphatic carbocycles. The van der Waals surface area contributed by atoms with Crippen molar-refractivity contribution in [1.82, 2.24) is 0 Å². The van der Waals surface area contributed by atoms with E-state index in [-0.39, 0.29) is 6.04 Å². The SMILES string of the molecule is Cc1cc(C(N)c2ccccc2Cl)sc1C. The first-order valence-electron chi connectivity index (χ1n) is 5.16. The number of nitrogens with two attached hydrogens (primary N) is 1. The minimum absolute atomic E-state index is 0.119. The molecule has 0 saturated heterocycles. The van der Waals surface area contributed by atoms with Gasteiger partial charge in [-0.25, -0.2) is 0 Å². The summed E-state index contributed by atoms with van der Waals surface area (Å²) in [5, 5.41) is 0.735. The van der Waals surface area contributed by atoms with Crippen LogP contribution in [0.4, 0.5) is 0 Å². The summed E-state index contributed by atoms with van der Waals surface area (Å²) in [5.41, 5.74) is 8.51. The Kier molecular flexibility index (Phi) is 3.33. The Morgan fingerprint density at radius 1 is 1.25 bits per heavy atom. The highest BCUT2D eigenvalue weighted by Gasteiger charge is 2.14. The average molecular weight is 252 g/mol. The molecular weight excluding hydrogens is 238 g/mol. The van der Waals surface area contributed by atoms with Gasteiger partial charge in [-0.3, -0.25) is 0 Å². The molecule has 0 aliphatic heterocycles. The van der Waals surface area contributed by atoms with E-state index in [9.17, 15) is 0 Å². The first-order chi connectivity index (χ1) is 7.59. The van der Waals surface area contributed by atoms with E-state index >= 15 is 0 Å². The Hall–Kier alpha value is -0.830. The van der Waals surface area contributed by atoms with Crippen molar-refractivity contribution in [2.24, 2.45) is 5.73 Å². The Morgan fingerprint density at radius 2 is 1.94 bits per heavy atom. The lowest BCUT2D eigenvalue weighted by Crippen LogP contribution is -2.10. The Bertz CT molecular complexity index is 485. The minimum atomic E-state index is -0.119. The molecular formula is C13H14ClNS. The molecule has 1 atom stereocenters. The highest BCUT2D eigenvalue weighted by atomic mass is 35.5. The van der Waals surface area contributed by atoms with Gasteiger partial charge in [-0.2, -0.15) is 0 Å². The van der Waals surface area contributed by atoms with Gasteiger partial charge in [0, 0.05) is 14.8 Å². The third-order valence-electron chi connectivity index (χ3n) is 2.73. The van der Waals surface area contributed by atoms with Crippen LogP contribution in [0.5, 0.6) is 0 Å². The van der Waals surface area contributed by atoms with Crippen LogP contribution in [0.3, 0.4) is 0 Å². The normalized spacial score (nSPS) is 12.8. The van der Waals surface area contributed by atoms with Gasteiger partial charge in [0.05, 0.1) is 6.04 Å². The van der Waals surface area contributed by atoms with Crippen LogP contribution in [0.1, 0.15) is 26.9 Å². The molecule has 0 fully saturated rings. The maximum Gasteiger partial charge on any atom is 0.0660 e. The van der Waals surface area contributed by atoms with Gasteiger partial charge >= 0.3 is 0 Å². The number of hydrogen-bond acceptors (Lipinski definition) is 2. The van der Waals surface area contributed by atoms with Crippen LogP contribution < -0.4 is 5.73 Å². The maximum absolute atomic E-state index is 6.23. The zero-order valence-electron chi connectivity index (χ0n) is 9.33. The molecule has 2 rings (SSSR count). The van der Waals surface area contributed by atoms with Crippen LogP contribution in [0.25, 0.3) is 0 Å². The number of benzene rings is 1. The smallest absolute Gasteiger partial charge is 0.0660 e. The molecule has 0 spiro atoms. The van der Waals surface area contributed by atoms with Gasteiger partial charge < -0.3 is 5.73 Å². The molecule has 1 heterocycles. The number of hydrogen-bond donors (Lipinski definition) is 1. The molecule has 0 saturated carbocycles. The van der Waals surface area contributed by atoms with Gasteiger partial charge in [-0.15, -0.1) is 11.3 Å². The standard InChI is InChI=1S/C13H14ClNS/c1-8-7-12(16-9(8)2)13(15)10-5-3-4-6-11(10)14/h3-7,13H,15H2,1-2H3. The fourth-order valence-corrected chi connectivity index (χ4v) is 2.95. The van der Waals surface area contributed by atoms with E-state index in [4.69, 9.17) is 17.3 Å². The predicted molar refractivity (Wildman–Crippen MR) is 71.3 cm³/mol. The molecule has 0 bridgehead atoms. The topological polar surface area (TPSA) is 26.0 Å². The molecule has 84 valence electrons. The Balaban J connectivity index is 2.39. The van der Waals surface area contributed by atoms with Crippen molar-refractivity contribution in [2.75, 3.05) is 0 Å². The van der Waals surface area contributed by atoms with Crippen LogP contribution in [0, 0.1) is 13.8 Å². The second-order valence-electron chi connectivity index (χ2n) is 3.89. The van der Waals surface area contributed by atoms with Gasteiger partial charge in [0.15, 0.2) is 0 Å². The van der Waals surface area contributed by atoms with Crippen LogP contribution in [-0.4, -0.2) is 0 Å². The third-order valence-corrected chi connectivity index (χ3v) is 4.31. The molecule has 16 heavy (non-hydrogen) atoms. The first kappa shape index (κ1) is 11.6. The quantitative estimate of drug-likeness (QED) is 0.856. The van der Waals surface area contributed by atoms with E-state index in [1.54, 1.807) is 11.3 Å². The zero-order chi connectivity index (χ0) is 11.7.